The zero-order valence-corrected chi connectivity index (χ0v) is 12.6. The Balaban J connectivity index is 2.42. The van der Waals surface area contributed by atoms with Crippen molar-refractivity contribution in [3.63, 3.8) is 0 Å². The molecule has 0 spiro atoms. The van der Waals surface area contributed by atoms with E-state index in [0.717, 1.165) is 12.2 Å². The van der Waals surface area contributed by atoms with E-state index in [1.807, 2.05) is 0 Å². The normalized spacial score (nSPS) is 31.5. The van der Waals surface area contributed by atoms with Crippen LogP contribution in [0, 0.1) is 0 Å². The molecule has 0 aromatic rings. The number of hydrogen-bond donors (Lipinski definition) is 1. The zero-order valence-electron chi connectivity index (χ0n) is 11.7. The Hall–Kier alpha value is 0.0700. The summed E-state index contributed by atoms with van der Waals surface area (Å²) in [6.07, 6.45) is 5.28. The van der Waals surface area contributed by atoms with Crippen LogP contribution in [0.25, 0.3) is 0 Å². The van der Waals surface area contributed by atoms with Crippen LogP contribution in [0.5, 0.6) is 0 Å². The SMILES string of the molecule is CC1CCN(C(C)CCS(C)=O)CCC(C)N1. The van der Waals surface area contributed by atoms with Gasteiger partial charge in [-0.3, -0.25) is 4.21 Å². The lowest BCUT2D eigenvalue weighted by Gasteiger charge is -2.34. The predicted molar refractivity (Wildman–Crippen MR) is 75.9 cm³/mol. The van der Waals surface area contributed by atoms with Crippen molar-refractivity contribution in [2.24, 2.45) is 0 Å². The summed E-state index contributed by atoms with van der Waals surface area (Å²) in [5.74, 6) is 0.834. The van der Waals surface area contributed by atoms with E-state index in [1.165, 1.54) is 25.9 Å². The molecule has 0 radical (unpaired) electrons. The first-order valence-electron chi connectivity index (χ1n) is 6.79. The fraction of sp³-hybridized carbons (Fsp3) is 1.00. The molecule has 1 aliphatic heterocycles. The Morgan fingerprint density at radius 1 is 1.29 bits per heavy atom. The van der Waals surface area contributed by atoms with Crippen LogP contribution in [-0.2, 0) is 10.8 Å². The molecule has 0 aromatic heterocycles. The van der Waals surface area contributed by atoms with Gasteiger partial charge in [0, 0.05) is 40.9 Å². The number of nitrogens with one attached hydrogen (secondary N) is 1. The lowest BCUT2D eigenvalue weighted by atomic mass is 10.1. The minimum absolute atomic E-state index is 0.566. The molecular weight excluding hydrogens is 232 g/mol. The Morgan fingerprint density at radius 3 is 2.29 bits per heavy atom. The molecule has 17 heavy (non-hydrogen) atoms. The molecule has 1 heterocycles. The van der Waals surface area contributed by atoms with Crippen LogP contribution in [0.4, 0.5) is 0 Å². The van der Waals surface area contributed by atoms with Gasteiger partial charge >= 0.3 is 0 Å². The molecular formula is C13H28N2OS. The maximum Gasteiger partial charge on any atom is 0.0246 e. The first kappa shape index (κ1) is 15.1. The molecule has 0 aliphatic carbocycles. The lowest BCUT2D eigenvalue weighted by Crippen LogP contribution is -2.45. The van der Waals surface area contributed by atoms with E-state index in [9.17, 15) is 4.21 Å². The van der Waals surface area contributed by atoms with Crippen LogP contribution in [0.15, 0.2) is 0 Å². The van der Waals surface area contributed by atoms with Crippen molar-refractivity contribution in [2.75, 3.05) is 25.1 Å². The monoisotopic (exact) mass is 260 g/mol. The molecule has 4 unspecified atom stereocenters. The van der Waals surface area contributed by atoms with Gasteiger partial charge in [0.2, 0.25) is 0 Å². The highest BCUT2D eigenvalue weighted by molar-refractivity contribution is 7.84. The van der Waals surface area contributed by atoms with Crippen LogP contribution in [-0.4, -0.2) is 52.3 Å². The summed E-state index contributed by atoms with van der Waals surface area (Å²) in [6, 6.07) is 1.79. The van der Waals surface area contributed by atoms with Crippen LogP contribution >= 0.6 is 0 Å². The smallest absolute Gasteiger partial charge is 0.0246 e. The fourth-order valence-corrected chi connectivity index (χ4v) is 3.12. The van der Waals surface area contributed by atoms with E-state index in [-0.39, 0.29) is 0 Å². The third-order valence-corrected chi connectivity index (χ3v) is 4.52. The van der Waals surface area contributed by atoms with Gasteiger partial charge in [0.15, 0.2) is 0 Å². The molecule has 0 saturated carbocycles. The summed E-state index contributed by atoms with van der Waals surface area (Å²) in [5.41, 5.74) is 0. The topological polar surface area (TPSA) is 32.3 Å². The molecule has 0 bridgehead atoms. The maximum atomic E-state index is 11.1. The molecule has 1 saturated heterocycles. The Kier molecular flexibility index (Phi) is 6.67. The highest BCUT2D eigenvalue weighted by atomic mass is 32.2. The predicted octanol–water partition coefficient (Wildman–Crippen LogP) is 1.61. The minimum Gasteiger partial charge on any atom is -0.312 e. The van der Waals surface area contributed by atoms with Crippen LogP contribution in [0.2, 0.25) is 0 Å². The summed E-state index contributed by atoms with van der Waals surface area (Å²) in [6.45, 7) is 9.14. The molecule has 0 aromatic carbocycles. The van der Waals surface area contributed by atoms with Crippen molar-refractivity contribution in [1.82, 2.24) is 10.2 Å². The number of nitrogens with zero attached hydrogens (tertiary/aromatic N) is 1. The van der Waals surface area contributed by atoms with Gasteiger partial charge in [-0.15, -0.1) is 0 Å². The second-order valence-electron chi connectivity index (χ2n) is 5.50. The summed E-state index contributed by atoms with van der Waals surface area (Å²) < 4.78 is 11.1. The number of rotatable bonds is 4. The third kappa shape index (κ3) is 5.98. The largest absolute Gasteiger partial charge is 0.312 e. The van der Waals surface area contributed by atoms with Gasteiger partial charge in [0.25, 0.3) is 0 Å². The van der Waals surface area contributed by atoms with Gasteiger partial charge in [-0.1, -0.05) is 0 Å². The summed E-state index contributed by atoms with van der Waals surface area (Å²) in [4.78, 5) is 2.57. The molecule has 1 fully saturated rings. The summed E-state index contributed by atoms with van der Waals surface area (Å²) in [7, 11) is -0.651. The maximum absolute atomic E-state index is 11.1. The standard InChI is InChI=1S/C13H28N2OS/c1-11-5-8-15(9-6-12(2)14-11)13(3)7-10-17(4)16/h11-14H,5-10H2,1-4H3. The van der Waals surface area contributed by atoms with Gasteiger partial charge in [-0.25, -0.2) is 0 Å². The second-order valence-corrected chi connectivity index (χ2v) is 7.05. The van der Waals surface area contributed by atoms with Gasteiger partial charge < -0.3 is 10.2 Å². The first-order valence-corrected chi connectivity index (χ1v) is 8.52. The van der Waals surface area contributed by atoms with E-state index < -0.39 is 10.8 Å². The van der Waals surface area contributed by atoms with E-state index in [0.29, 0.717) is 18.1 Å². The first-order chi connectivity index (χ1) is 7.99. The van der Waals surface area contributed by atoms with Gasteiger partial charge in [0.1, 0.15) is 0 Å². The molecule has 4 heteroatoms. The van der Waals surface area contributed by atoms with Gasteiger partial charge in [0.05, 0.1) is 0 Å². The molecule has 1 N–H and O–H groups in total. The summed E-state index contributed by atoms with van der Waals surface area (Å²) in [5, 5.41) is 3.62. The molecule has 1 aliphatic rings. The van der Waals surface area contributed by atoms with Crippen molar-refractivity contribution < 1.29 is 4.21 Å². The number of hydrogen-bond acceptors (Lipinski definition) is 3. The van der Waals surface area contributed by atoms with Crippen molar-refractivity contribution in [1.29, 1.82) is 0 Å². The van der Waals surface area contributed by atoms with Crippen molar-refractivity contribution >= 4 is 10.8 Å². The molecule has 1 rings (SSSR count). The fourth-order valence-electron chi connectivity index (χ4n) is 2.44. The molecule has 4 atom stereocenters. The van der Waals surface area contributed by atoms with Crippen molar-refractivity contribution in [3.05, 3.63) is 0 Å². The Bertz CT molecular complexity index is 236. The molecule has 0 amide bonds. The van der Waals surface area contributed by atoms with Crippen molar-refractivity contribution in [3.8, 4) is 0 Å². The van der Waals surface area contributed by atoms with Crippen LogP contribution < -0.4 is 5.32 Å². The minimum atomic E-state index is -0.651. The Labute approximate surface area is 109 Å². The van der Waals surface area contributed by atoms with Gasteiger partial charge in [-0.05, 0) is 53.1 Å². The van der Waals surface area contributed by atoms with E-state index in [4.69, 9.17) is 0 Å². The van der Waals surface area contributed by atoms with Crippen LogP contribution in [0.1, 0.15) is 40.0 Å². The highest BCUT2D eigenvalue weighted by Gasteiger charge is 2.19. The zero-order chi connectivity index (χ0) is 12.8. The second kappa shape index (κ2) is 7.49. The average molecular weight is 260 g/mol. The van der Waals surface area contributed by atoms with Crippen LogP contribution in [0.3, 0.4) is 0 Å². The van der Waals surface area contributed by atoms with Crippen molar-refractivity contribution in [2.45, 2.75) is 58.2 Å². The summed E-state index contributed by atoms with van der Waals surface area (Å²) >= 11 is 0. The van der Waals surface area contributed by atoms with E-state index >= 15 is 0 Å². The van der Waals surface area contributed by atoms with Gasteiger partial charge in [-0.2, -0.15) is 0 Å². The molecule has 102 valence electrons. The lowest BCUT2D eigenvalue weighted by molar-refractivity contribution is 0.168. The molecule has 3 nitrogen and oxygen atoms in total. The third-order valence-electron chi connectivity index (χ3n) is 3.71. The Morgan fingerprint density at radius 2 is 1.82 bits per heavy atom. The van der Waals surface area contributed by atoms with E-state index in [1.54, 1.807) is 6.26 Å². The average Bonchev–Trinajstić information content (AvgIpc) is 2.23. The quantitative estimate of drug-likeness (QED) is 0.833. The highest BCUT2D eigenvalue weighted by Crippen LogP contribution is 2.12. The van der Waals surface area contributed by atoms with E-state index in [2.05, 4.69) is 31.0 Å².